The predicted molar refractivity (Wildman–Crippen MR) is 128 cm³/mol. The molecule has 2 heterocycles. The van der Waals surface area contributed by atoms with E-state index in [0.29, 0.717) is 37.5 Å². The van der Waals surface area contributed by atoms with Gasteiger partial charge in [0.25, 0.3) is 0 Å². The molecular formula is C26H28N4O3. The number of rotatable bonds is 7. The molecule has 0 N–H and O–H groups in total. The van der Waals surface area contributed by atoms with Gasteiger partial charge in [-0.3, -0.25) is 9.59 Å². The molecule has 170 valence electrons. The van der Waals surface area contributed by atoms with Gasteiger partial charge in [0.15, 0.2) is 5.78 Å². The number of ketones is 1. The topological polar surface area (TPSA) is 75.6 Å². The third kappa shape index (κ3) is 5.55. The molecular weight excluding hydrogens is 416 g/mol. The van der Waals surface area contributed by atoms with E-state index in [-0.39, 0.29) is 24.5 Å². The molecule has 1 aliphatic heterocycles. The van der Waals surface area contributed by atoms with Gasteiger partial charge in [-0.15, -0.1) is 0 Å². The summed E-state index contributed by atoms with van der Waals surface area (Å²) >= 11 is 0. The van der Waals surface area contributed by atoms with Gasteiger partial charge in [0.05, 0.1) is 12.8 Å². The number of ether oxygens (including phenoxy) is 1. The van der Waals surface area contributed by atoms with E-state index < -0.39 is 0 Å². The summed E-state index contributed by atoms with van der Waals surface area (Å²) in [5.41, 5.74) is 2.55. The number of amides is 1. The van der Waals surface area contributed by atoms with Gasteiger partial charge in [0.1, 0.15) is 17.4 Å². The van der Waals surface area contributed by atoms with Crippen molar-refractivity contribution < 1.29 is 14.3 Å². The van der Waals surface area contributed by atoms with E-state index in [1.54, 1.807) is 31.4 Å². The molecule has 1 saturated heterocycles. The van der Waals surface area contributed by atoms with Crippen LogP contribution in [0.1, 0.15) is 29.0 Å². The molecule has 0 spiro atoms. The molecule has 0 aliphatic carbocycles. The second kappa shape index (κ2) is 10.3. The van der Waals surface area contributed by atoms with Gasteiger partial charge in [-0.2, -0.15) is 0 Å². The number of hydrogen-bond donors (Lipinski definition) is 0. The van der Waals surface area contributed by atoms with E-state index >= 15 is 0 Å². The average molecular weight is 445 g/mol. The van der Waals surface area contributed by atoms with Crippen molar-refractivity contribution in [2.24, 2.45) is 0 Å². The van der Waals surface area contributed by atoms with E-state index in [1.165, 1.54) is 0 Å². The zero-order valence-electron chi connectivity index (χ0n) is 19.0. The SMILES string of the molecule is COc1ccc(C(=O)CCC(=O)N2CCN(c3cc(-c4ccccc4)nc(C)n3)CC2)cc1. The fourth-order valence-electron chi connectivity index (χ4n) is 3.96. The van der Waals surface area contributed by atoms with Crippen LogP contribution in [-0.4, -0.2) is 59.8 Å². The molecule has 0 radical (unpaired) electrons. The highest BCUT2D eigenvalue weighted by molar-refractivity contribution is 5.98. The Labute approximate surface area is 194 Å². The van der Waals surface area contributed by atoms with Gasteiger partial charge in [-0.25, -0.2) is 9.97 Å². The van der Waals surface area contributed by atoms with E-state index in [4.69, 9.17) is 4.74 Å². The van der Waals surface area contributed by atoms with Crippen molar-refractivity contribution in [2.45, 2.75) is 19.8 Å². The van der Waals surface area contributed by atoms with Crippen LogP contribution in [0.15, 0.2) is 60.7 Å². The molecule has 3 aromatic rings. The lowest BCUT2D eigenvalue weighted by molar-refractivity contribution is -0.131. The highest BCUT2D eigenvalue weighted by atomic mass is 16.5. The Hall–Kier alpha value is -3.74. The van der Waals surface area contributed by atoms with Gasteiger partial charge >= 0.3 is 0 Å². The first-order valence-electron chi connectivity index (χ1n) is 11.1. The molecule has 7 nitrogen and oxygen atoms in total. The molecule has 1 amide bonds. The van der Waals surface area contributed by atoms with Crippen LogP contribution in [0.3, 0.4) is 0 Å². The summed E-state index contributed by atoms with van der Waals surface area (Å²) in [5.74, 6) is 2.29. The zero-order valence-corrected chi connectivity index (χ0v) is 19.0. The van der Waals surface area contributed by atoms with Crippen molar-refractivity contribution >= 4 is 17.5 Å². The number of carbonyl (C=O) groups excluding carboxylic acids is 2. The minimum atomic E-state index is -0.0328. The van der Waals surface area contributed by atoms with Crippen LogP contribution < -0.4 is 9.64 Å². The second-order valence-corrected chi connectivity index (χ2v) is 8.04. The lowest BCUT2D eigenvalue weighted by atomic mass is 10.1. The molecule has 0 atom stereocenters. The molecule has 7 heteroatoms. The lowest BCUT2D eigenvalue weighted by Crippen LogP contribution is -2.49. The first-order valence-corrected chi connectivity index (χ1v) is 11.1. The Morgan fingerprint density at radius 1 is 0.909 bits per heavy atom. The number of piperazine rings is 1. The Morgan fingerprint density at radius 3 is 2.27 bits per heavy atom. The van der Waals surface area contributed by atoms with E-state index in [1.807, 2.05) is 48.2 Å². The first-order chi connectivity index (χ1) is 16.0. The number of hydrogen-bond acceptors (Lipinski definition) is 6. The third-order valence-corrected chi connectivity index (χ3v) is 5.83. The molecule has 0 saturated carbocycles. The summed E-state index contributed by atoms with van der Waals surface area (Å²) in [5, 5.41) is 0. The molecule has 1 aromatic heterocycles. The maximum Gasteiger partial charge on any atom is 0.223 e. The molecule has 0 unspecified atom stereocenters. The number of aryl methyl sites for hydroxylation is 1. The summed E-state index contributed by atoms with van der Waals surface area (Å²) in [4.78, 5) is 38.3. The number of nitrogens with zero attached hydrogens (tertiary/aromatic N) is 4. The van der Waals surface area contributed by atoms with Crippen molar-refractivity contribution in [2.75, 3.05) is 38.2 Å². The smallest absolute Gasteiger partial charge is 0.223 e. The Bertz CT molecular complexity index is 1110. The van der Waals surface area contributed by atoms with Crippen LogP contribution in [0.2, 0.25) is 0 Å². The summed E-state index contributed by atoms with van der Waals surface area (Å²) < 4.78 is 5.12. The molecule has 33 heavy (non-hydrogen) atoms. The molecule has 1 aliphatic rings. The Morgan fingerprint density at radius 2 is 1.61 bits per heavy atom. The fourth-order valence-corrected chi connectivity index (χ4v) is 3.96. The highest BCUT2D eigenvalue weighted by Gasteiger charge is 2.23. The molecule has 1 fully saturated rings. The maximum atomic E-state index is 12.7. The van der Waals surface area contributed by atoms with Crippen LogP contribution in [0, 0.1) is 6.92 Å². The minimum absolute atomic E-state index is 0.0142. The average Bonchev–Trinajstić information content (AvgIpc) is 2.87. The first kappa shape index (κ1) is 22.5. The monoisotopic (exact) mass is 444 g/mol. The fraction of sp³-hybridized carbons (Fsp3) is 0.308. The van der Waals surface area contributed by atoms with Crippen LogP contribution in [-0.2, 0) is 4.79 Å². The van der Waals surface area contributed by atoms with Crippen molar-refractivity contribution in [1.29, 1.82) is 0 Å². The van der Waals surface area contributed by atoms with Crippen LogP contribution >= 0.6 is 0 Å². The maximum absolute atomic E-state index is 12.7. The van der Waals surface area contributed by atoms with Crippen molar-refractivity contribution in [3.63, 3.8) is 0 Å². The quantitative estimate of drug-likeness (QED) is 0.517. The third-order valence-electron chi connectivity index (χ3n) is 5.83. The normalized spacial score (nSPS) is 13.6. The van der Waals surface area contributed by atoms with Gasteiger partial charge in [-0.05, 0) is 31.2 Å². The second-order valence-electron chi connectivity index (χ2n) is 8.04. The largest absolute Gasteiger partial charge is 0.497 e. The van der Waals surface area contributed by atoms with E-state index in [9.17, 15) is 9.59 Å². The predicted octanol–water partition coefficient (Wildman–Crippen LogP) is 3.77. The van der Waals surface area contributed by atoms with Crippen molar-refractivity contribution in [1.82, 2.24) is 14.9 Å². The van der Waals surface area contributed by atoms with Gasteiger partial charge < -0.3 is 14.5 Å². The Kier molecular flexibility index (Phi) is 6.98. The number of methoxy groups -OCH3 is 1. The minimum Gasteiger partial charge on any atom is -0.497 e. The lowest BCUT2D eigenvalue weighted by Gasteiger charge is -2.35. The number of Topliss-reactive ketones (excluding diaryl/α,β-unsaturated/α-hetero) is 1. The van der Waals surface area contributed by atoms with Gasteiger partial charge in [0, 0.05) is 56.2 Å². The number of benzene rings is 2. The van der Waals surface area contributed by atoms with Crippen LogP contribution in [0.4, 0.5) is 5.82 Å². The van der Waals surface area contributed by atoms with Crippen LogP contribution in [0.5, 0.6) is 5.75 Å². The summed E-state index contributed by atoms with van der Waals surface area (Å²) in [6.07, 6.45) is 0.423. The zero-order chi connectivity index (χ0) is 23.2. The summed E-state index contributed by atoms with van der Waals surface area (Å²) in [7, 11) is 1.59. The molecule has 0 bridgehead atoms. The van der Waals surface area contributed by atoms with Gasteiger partial charge in [-0.1, -0.05) is 30.3 Å². The van der Waals surface area contributed by atoms with Gasteiger partial charge in [0.2, 0.25) is 5.91 Å². The van der Waals surface area contributed by atoms with Crippen molar-refractivity contribution in [3.8, 4) is 17.0 Å². The van der Waals surface area contributed by atoms with Crippen molar-refractivity contribution in [3.05, 3.63) is 72.1 Å². The van der Waals surface area contributed by atoms with Crippen LogP contribution in [0.25, 0.3) is 11.3 Å². The van der Waals surface area contributed by atoms with E-state index in [0.717, 1.165) is 22.9 Å². The highest BCUT2D eigenvalue weighted by Crippen LogP contribution is 2.23. The summed E-state index contributed by atoms with van der Waals surface area (Å²) in [6.45, 7) is 4.51. The standard InChI is InChI=1S/C26H28N4O3/c1-19-27-23(20-6-4-3-5-7-20)18-25(28-19)29-14-16-30(17-15-29)26(32)13-12-24(31)21-8-10-22(33-2)11-9-21/h3-11,18H,12-17H2,1-2H3. The number of anilines is 1. The number of carbonyl (C=O) groups is 2. The summed E-state index contributed by atoms with van der Waals surface area (Å²) in [6, 6.07) is 19.0. The van der Waals surface area contributed by atoms with E-state index in [2.05, 4.69) is 14.9 Å². The Balaban J connectivity index is 1.31. The molecule has 4 rings (SSSR count). The molecule has 2 aromatic carbocycles. The number of aromatic nitrogens is 2.